The molecule has 1 heterocycles. The average molecular weight is 274 g/mol. The van der Waals surface area contributed by atoms with E-state index in [0.717, 1.165) is 24.4 Å². The fourth-order valence-corrected chi connectivity index (χ4v) is 3.02. The van der Waals surface area contributed by atoms with Crippen LogP contribution in [0.5, 0.6) is 0 Å². The van der Waals surface area contributed by atoms with Crippen LogP contribution < -0.4 is 5.32 Å². The normalized spacial score (nSPS) is 12.6. The van der Waals surface area contributed by atoms with Crippen molar-refractivity contribution in [1.29, 1.82) is 0 Å². The molecule has 0 aliphatic carbocycles. The van der Waals surface area contributed by atoms with Crippen molar-refractivity contribution in [3.8, 4) is 10.6 Å². The van der Waals surface area contributed by atoms with Crippen molar-refractivity contribution in [2.75, 3.05) is 0 Å². The van der Waals surface area contributed by atoms with Gasteiger partial charge in [0, 0.05) is 23.0 Å². The maximum atomic E-state index is 4.78. The highest BCUT2D eigenvalue weighted by Gasteiger charge is 2.11. The fraction of sp³-hybridized carbons (Fsp3) is 0.438. The Labute approximate surface area is 119 Å². The Morgan fingerprint density at radius 2 is 1.95 bits per heavy atom. The van der Waals surface area contributed by atoms with E-state index in [1.54, 1.807) is 0 Å². The van der Waals surface area contributed by atoms with Crippen LogP contribution in [0.3, 0.4) is 0 Å². The van der Waals surface area contributed by atoms with Crippen LogP contribution in [0.1, 0.15) is 37.8 Å². The van der Waals surface area contributed by atoms with Crippen LogP contribution in [0, 0.1) is 0 Å². The summed E-state index contributed by atoms with van der Waals surface area (Å²) in [5.74, 6) is 0. The van der Waals surface area contributed by atoms with Crippen molar-refractivity contribution in [1.82, 2.24) is 10.3 Å². The average Bonchev–Trinajstić information content (AvgIpc) is 2.89. The molecule has 0 bridgehead atoms. The molecule has 0 spiro atoms. The molecule has 1 unspecified atom stereocenters. The van der Waals surface area contributed by atoms with E-state index in [4.69, 9.17) is 4.98 Å². The summed E-state index contributed by atoms with van der Waals surface area (Å²) in [6.45, 7) is 7.55. The molecular weight excluding hydrogens is 252 g/mol. The number of hydrogen-bond acceptors (Lipinski definition) is 3. The Bertz CT molecular complexity index is 505. The van der Waals surface area contributed by atoms with Crippen LogP contribution in [0.2, 0.25) is 0 Å². The quantitative estimate of drug-likeness (QED) is 0.851. The molecule has 102 valence electrons. The highest BCUT2D eigenvalue weighted by Crippen LogP contribution is 2.28. The minimum atomic E-state index is 0.562. The summed E-state index contributed by atoms with van der Waals surface area (Å²) in [4.78, 5) is 6.16. The molecule has 1 aromatic heterocycles. The number of aryl methyl sites for hydroxylation is 1. The third-order valence-corrected chi connectivity index (χ3v) is 4.50. The predicted molar refractivity (Wildman–Crippen MR) is 83.5 cm³/mol. The molecule has 1 N–H and O–H groups in total. The van der Waals surface area contributed by atoms with Crippen molar-refractivity contribution in [2.45, 2.75) is 46.2 Å². The van der Waals surface area contributed by atoms with Crippen molar-refractivity contribution < 1.29 is 0 Å². The second-order valence-electron chi connectivity index (χ2n) is 4.80. The summed E-state index contributed by atoms with van der Waals surface area (Å²) in [5.41, 5.74) is 2.46. The van der Waals surface area contributed by atoms with Crippen molar-refractivity contribution in [3.05, 3.63) is 40.9 Å². The van der Waals surface area contributed by atoms with Gasteiger partial charge in [0.25, 0.3) is 0 Å². The van der Waals surface area contributed by atoms with Gasteiger partial charge in [-0.3, -0.25) is 0 Å². The molecule has 1 atom stereocenters. The molecule has 2 aromatic rings. The molecule has 0 aliphatic heterocycles. The highest BCUT2D eigenvalue weighted by molar-refractivity contribution is 7.15. The first kappa shape index (κ1) is 14.2. The minimum absolute atomic E-state index is 0.562. The summed E-state index contributed by atoms with van der Waals surface area (Å²) in [7, 11) is 0. The van der Waals surface area contributed by atoms with Crippen LogP contribution in [0.25, 0.3) is 10.6 Å². The predicted octanol–water partition coefficient (Wildman–Crippen LogP) is 4.26. The monoisotopic (exact) mass is 274 g/mol. The van der Waals surface area contributed by atoms with Gasteiger partial charge in [-0.15, -0.1) is 11.3 Å². The Morgan fingerprint density at radius 3 is 2.58 bits per heavy atom. The lowest BCUT2D eigenvalue weighted by Crippen LogP contribution is -2.24. The van der Waals surface area contributed by atoms with Gasteiger partial charge >= 0.3 is 0 Å². The summed E-state index contributed by atoms with van der Waals surface area (Å²) < 4.78 is 0. The first-order chi connectivity index (χ1) is 9.24. The van der Waals surface area contributed by atoms with E-state index >= 15 is 0 Å². The van der Waals surface area contributed by atoms with Gasteiger partial charge in [0.15, 0.2) is 0 Å². The van der Waals surface area contributed by atoms with Crippen LogP contribution in [0.4, 0.5) is 0 Å². The maximum Gasteiger partial charge on any atom is 0.123 e. The molecular formula is C16H22N2S. The van der Waals surface area contributed by atoms with Gasteiger partial charge in [-0.05, 0) is 19.8 Å². The van der Waals surface area contributed by atoms with Gasteiger partial charge in [0.05, 0.1) is 5.69 Å². The summed E-state index contributed by atoms with van der Waals surface area (Å²) >= 11 is 1.82. The number of thiazole rings is 1. The van der Waals surface area contributed by atoms with E-state index < -0.39 is 0 Å². The molecule has 0 aliphatic rings. The second kappa shape index (κ2) is 6.83. The smallest absolute Gasteiger partial charge is 0.123 e. The number of aromatic nitrogens is 1. The zero-order valence-electron chi connectivity index (χ0n) is 11.9. The lowest BCUT2D eigenvalue weighted by atomic mass is 10.2. The molecule has 19 heavy (non-hydrogen) atoms. The Hall–Kier alpha value is -1.19. The Kier molecular flexibility index (Phi) is 5.11. The van der Waals surface area contributed by atoms with Gasteiger partial charge in [0.1, 0.15) is 5.01 Å². The van der Waals surface area contributed by atoms with Gasteiger partial charge < -0.3 is 5.32 Å². The number of nitrogens with one attached hydrogen (secondary N) is 1. The van der Waals surface area contributed by atoms with E-state index in [-0.39, 0.29) is 0 Å². The van der Waals surface area contributed by atoms with Crippen molar-refractivity contribution in [2.24, 2.45) is 0 Å². The van der Waals surface area contributed by atoms with Crippen LogP contribution >= 0.6 is 11.3 Å². The summed E-state index contributed by atoms with van der Waals surface area (Å²) in [6, 6.07) is 11.0. The van der Waals surface area contributed by atoms with E-state index in [2.05, 4.69) is 50.4 Å². The molecule has 0 amide bonds. The zero-order valence-corrected chi connectivity index (χ0v) is 12.8. The fourth-order valence-electron chi connectivity index (χ4n) is 1.91. The molecule has 0 saturated heterocycles. The minimum Gasteiger partial charge on any atom is -0.309 e. The van der Waals surface area contributed by atoms with Gasteiger partial charge in [-0.25, -0.2) is 4.98 Å². The standard InChI is InChI=1S/C16H22N2S/c1-4-12(3)17-11-15-14(5-2)18-16(19-15)13-9-7-6-8-10-13/h6-10,12,17H,4-5,11H2,1-3H3. The van der Waals surface area contributed by atoms with Crippen molar-refractivity contribution >= 4 is 11.3 Å². The SMILES string of the molecule is CCc1nc(-c2ccccc2)sc1CNC(C)CC. The number of benzene rings is 1. The van der Waals surface area contributed by atoms with E-state index in [9.17, 15) is 0 Å². The lowest BCUT2D eigenvalue weighted by molar-refractivity contribution is 0.535. The van der Waals surface area contributed by atoms with Crippen LogP contribution in [-0.2, 0) is 13.0 Å². The highest BCUT2D eigenvalue weighted by atomic mass is 32.1. The van der Waals surface area contributed by atoms with Gasteiger partial charge in [-0.2, -0.15) is 0 Å². The molecule has 3 heteroatoms. The first-order valence-corrected chi connectivity index (χ1v) is 7.83. The summed E-state index contributed by atoms with van der Waals surface area (Å²) in [5, 5.41) is 4.70. The zero-order chi connectivity index (χ0) is 13.7. The molecule has 1 aromatic carbocycles. The second-order valence-corrected chi connectivity index (χ2v) is 5.88. The largest absolute Gasteiger partial charge is 0.309 e. The van der Waals surface area contributed by atoms with E-state index in [1.807, 2.05) is 17.4 Å². The van der Waals surface area contributed by atoms with Crippen LogP contribution in [-0.4, -0.2) is 11.0 Å². The third kappa shape index (κ3) is 3.64. The number of nitrogens with zero attached hydrogens (tertiary/aromatic N) is 1. The molecule has 0 saturated carbocycles. The maximum absolute atomic E-state index is 4.78. The molecule has 2 nitrogen and oxygen atoms in total. The lowest BCUT2D eigenvalue weighted by Gasteiger charge is -2.10. The van der Waals surface area contributed by atoms with Crippen molar-refractivity contribution in [3.63, 3.8) is 0 Å². The topological polar surface area (TPSA) is 24.9 Å². The molecule has 0 fully saturated rings. The van der Waals surface area contributed by atoms with Gasteiger partial charge in [0.2, 0.25) is 0 Å². The molecule has 0 radical (unpaired) electrons. The summed E-state index contributed by atoms with van der Waals surface area (Å²) in [6.07, 6.45) is 2.16. The van der Waals surface area contributed by atoms with Crippen LogP contribution in [0.15, 0.2) is 30.3 Å². The first-order valence-electron chi connectivity index (χ1n) is 7.02. The van der Waals surface area contributed by atoms with E-state index in [1.165, 1.54) is 16.1 Å². The Balaban J connectivity index is 2.18. The van der Waals surface area contributed by atoms with E-state index in [0.29, 0.717) is 6.04 Å². The third-order valence-electron chi connectivity index (χ3n) is 3.36. The number of rotatable bonds is 6. The number of hydrogen-bond donors (Lipinski definition) is 1. The molecule has 2 rings (SSSR count). The Morgan fingerprint density at radius 1 is 1.21 bits per heavy atom. The van der Waals surface area contributed by atoms with Gasteiger partial charge in [-0.1, -0.05) is 44.2 Å².